The highest BCUT2D eigenvalue weighted by molar-refractivity contribution is 8.18. The van der Waals surface area contributed by atoms with E-state index in [-0.39, 0.29) is 28.1 Å². The molecule has 0 aliphatic carbocycles. The fourth-order valence-corrected chi connectivity index (χ4v) is 5.94. The van der Waals surface area contributed by atoms with Crippen molar-refractivity contribution in [3.8, 4) is 0 Å². The zero-order valence-electron chi connectivity index (χ0n) is 21.8. The van der Waals surface area contributed by atoms with Crippen molar-refractivity contribution in [2.45, 2.75) is 31.3 Å². The van der Waals surface area contributed by atoms with Gasteiger partial charge in [0.25, 0.3) is 11.1 Å². The zero-order valence-corrected chi connectivity index (χ0v) is 23.4. The van der Waals surface area contributed by atoms with E-state index in [1.54, 1.807) is 37.5 Å². The molecule has 3 aromatic rings. The summed E-state index contributed by atoms with van der Waals surface area (Å²) in [5.74, 6) is -0.462. The van der Waals surface area contributed by atoms with Crippen molar-refractivity contribution in [1.82, 2.24) is 19.6 Å². The van der Waals surface area contributed by atoms with Crippen LogP contribution < -0.4 is 0 Å². The van der Waals surface area contributed by atoms with Crippen LogP contribution in [0.3, 0.4) is 0 Å². The SMILES string of the molecule is COCCN1C[C@H](O)CC1/C=C/N1C(=O)S/C(=C\c2ccc3c(cnn3Cc3ccc(Cl)cc3C(F)(F)F)c2)C1=O. The van der Waals surface area contributed by atoms with Crippen molar-refractivity contribution in [1.29, 1.82) is 0 Å². The largest absolute Gasteiger partial charge is 0.416 e. The minimum absolute atomic E-state index is 0.00247. The summed E-state index contributed by atoms with van der Waals surface area (Å²) in [6.45, 7) is 1.50. The molecule has 2 atom stereocenters. The first-order valence-electron chi connectivity index (χ1n) is 12.7. The van der Waals surface area contributed by atoms with Crippen LogP contribution in [-0.4, -0.2) is 74.8 Å². The number of thioether (sulfide) groups is 1. The van der Waals surface area contributed by atoms with Gasteiger partial charge in [-0.2, -0.15) is 18.3 Å². The predicted octanol–water partition coefficient (Wildman–Crippen LogP) is 5.39. The maximum atomic E-state index is 13.5. The molecule has 3 heterocycles. The summed E-state index contributed by atoms with van der Waals surface area (Å²) >= 11 is 6.61. The standard InChI is InChI=1S/C28H26ClF3N4O4S/c1-40-9-8-34-16-22(37)13-21(34)6-7-35-26(38)25(41-27(35)39)11-17-2-5-24-19(10-17)14-33-36(24)15-18-3-4-20(29)12-23(18)28(30,31)32/h2-7,10-12,14,21-22,37H,8-9,13,15-16H2,1H3/b7-6+,25-11-/t21?,22-/m1/s1. The van der Waals surface area contributed by atoms with Gasteiger partial charge in [-0.25, -0.2) is 4.90 Å². The number of carbonyl (C=O) groups is 2. The van der Waals surface area contributed by atoms with Crippen LogP contribution in [0.5, 0.6) is 0 Å². The van der Waals surface area contributed by atoms with Crippen LogP contribution in [0.4, 0.5) is 18.0 Å². The van der Waals surface area contributed by atoms with Gasteiger partial charge in [-0.1, -0.05) is 29.8 Å². The van der Waals surface area contributed by atoms with Gasteiger partial charge in [-0.05, 0) is 59.7 Å². The lowest BCUT2D eigenvalue weighted by Crippen LogP contribution is -2.32. The summed E-state index contributed by atoms with van der Waals surface area (Å²) in [6, 6.07) is 8.69. The molecule has 0 spiro atoms. The van der Waals surface area contributed by atoms with Gasteiger partial charge in [0.2, 0.25) is 0 Å². The van der Waals surface area contributed by atoms with Gasteiger partial charge in [-0.15, -0.1) is 0 Å². The summed E-state index contributed by atoms with van der Waals surface area (Å²) in [6.07, 6.45) is 1.78. The number of benzene rings is 2. The van der Waals surface area contributed by atoms with E-state index >= 15 is 0 Å². The third-order valence-corrected chi connectivity index (χ3v) is 8.07. The Labute approximate surface area is 243 Å². The molecular weight excluding hydrogens is 581 g/mol. The number of aromatic nitrogens is 2. The van der Waals surface area contributed by atoms with Crippen LogP contribution in [0, 0.1) is 0 Å². The Morgan fingerprint density at radius 3 is 2.78 bits per heavy atom. The Balaban J connectivity index is 1.32. The molecule has 2 fully saturated rings. The lowest BCUT2D eigenvalue weighted by Gasteiger charge is -2.21. The molecule has 2 aliphatic rings. The quantitative estimate of drug-likeness (QED) is 0.344. The maximum absolute atomic E-state index is 13.5. The smallest absolute Gasteiger partial charge is 0.392 e. The molecule has 1 aromatic heterocycles. The molecule has 8 nitrogen and oxygen atoms in total. The number of likely N-dealkylation sites (tertiary alicyclic amines) is 1. The summed E-state index contributed by atoms with van der Waals surface area (Å²) in [7, 11) is 1.60. The molecule has 216 valence electrons. The molecule has 1 N–H and O–H groups in total. The zero-order chi connectivity index (χ0) is 29.3. The fraction of sp³-hybridized carbons (Fsp3) is 0.321. The van der Waals surface area contributed by atoms with E-state index < -0.39 is 29.0 Å². The number of imide groups is 1. The monoisotopic (exact) mass is 606 g/mol. The van der Waals surface area contributed by atoms with Crippen molar-refractivity contribution in [3.05, 3.63) is 81.5 Å². The van der Waals surface area contributed by atoms with E-state index in [2.05, 4.69) is 5.10 Å². The Hall–Kier alpha value is -3.16. The average Bonchev–Trinajstić information content (AvgIpc) is 3.56. The normalized spacial score (nSPS) is 21.4. The molecule has 2 amide bonds. The van der Waals surface area contributed by atoms with E-state index in [1.807, 2.05) is 4.90 Å². The van der Waals surface area contributed by atoms with Crippen LogP contribution in [0.25, 0.3) is 17.0 Å². The number of methoxy groups -OCH3 is 1. The third kappa shape index (κ3) is 6.52. The number of β-amino-alcohol motifs (C(OH)–C–C–N with tert-alkyl or cyclic N) is 1. The van der Waals surface area contributed by atoms with E-state index in [1.165, 1.54) is 29.2 Å². The molecule has 0 radical (unpaired) electrons. The molecular formula is C28H26ClF3N4O4S. The Kier molecular flexibility index (Phi) is 8.57. The first-order chi connectivity index (χ1) is 19.5. The number of halogens is 4. The number of amides is 2. The molecule has 0 saturated carbocycles. The van der Waals surface area contributed by atoms with Gasteiger partial charge in [0.05, 0.1) is 41.4 Å². The van der Waals surface area contributed by atoms with Crippen LogP contribution in [0.15, 0.2) is 59.8 Å². The second-order valence-corrected chi connectivity index (χ2v) is 11.2. The van der Waals surface area contributed by atoms with Crippen LogP contribution in [0.1, 0.15) is 23.1 Å². The van der Waals surface area contributed by atoms with Gasteiger partial charge in [0.15, 0.2) is 0 Å². The molecule has 1 unspecified atom stereocenters. The Bertz CT molecular complexity index is 1540. The summed E-state index contributed by atoms with van der Waals surface area (Å²) in [4.78, 5) is 28.9. The maximum Gasteiger partial charge on any atom is 0.416 e. The van der Waals surface area contributed by atoms with Crippen molar-refractivity contribution in [2.24, 2.45) is 0 Å². The second-order valence-electron chi connectivity index (χ2n) is 9.76. The third-order valence-electron chi connectivity index (χ3n) is 6.95. The van der Waals surface area contributed by atoms with Gasteiger partial charge in [0, 0.05) is 42.8 Å². The highest BCUT2D eigenvalue weighted by Crippen LogP contribution is 2.35. The van der Waals surface area contributed by atoms with Gasteiger partial charge >= 0.3 is 6.18 Å². The van der Waals surface area contributed by atoms with Crippen molar-refractivity contribution in [3.63, 3.8) is 0 Å². The number of carbonyl (C=O) groups excluding carboxylic acids is 2. The van der Waals surface area contributed by atoms with Crippen molar-refractivity contribution >= 4 is 51.5 Å². The summed E-state index contributed by atoms with van der Waals surface area (Å²) in [5.41, 5.74) is 0.463. The number of nitrogens with zero attached hydrogens (tertiary/aromatic N) is 4. The highest BCUT2D eigenvalue weighted by Gasteiger charge is 2.35. The number of aliphatic hydroxyl groups is 1. The number of alkyl halides is 3. The minimum atomic E-state index is -4.56. The minimum Gasteiger partial charge on any atom is -0.392 e. The number of hydrogen-bond acceptors (Lipinski definition) is 7. The van der Waals surface area contributed by atoms with E-state index in [0.29, 0.717) is 42.6 Å². The molecule has 5 rings (SSSR count). The first kappa shape index (κ1) is 29.3. The van der Waals surface area contributed by atoms with Gasteiger partial charge in [-0.3, -0.25) is 19.2 Å². The molecule has 2 aliphatic heterocycles. The molecule has 41 heavy (non-hydrogen) atoms. The molecule has 13 heteroatoms. The molecule has 0 bridgehead atoms. The van der Waals surface area contributed by atoms with Gasteiger partial charge < -0.3 is 9.84 Å². The van der Waals surface area contributed by atoms with Crippen LogP contribution in [0.2, 0.25) is 5.02 Å². The second kappa shape index (κ2) is 12.0. The molecule has 2 saturated heterocycles. The summed E-state index contributed by atoms with van der Waals surface area (Å²) in [5, 5.41) is 14.5. The van der Waals surface area contributed by atoms with Crippen LogP contribution in [-0.2, 0) is 22.3 Å². The van der Waals surface area contributed by atoms with E-state index in [4.69, 9.17) is 16.3 Å². The number of hydrogen-bond donors (Lipinski definition) is 1. The van der Waals surface area contributed by atoms with E-state index in [9.17, 15) is 27.9 Å². The van der Waals surface area contributed by atoms with Gasteiger partial charge in [0.1, 0.15) is 0 Å². The topological polar surface area (TPSA) is 87.9 Å². The number of ether oxygens (including phenoxy) is 1. The van der Waals surface area contributed by atoms with Crippen molar-refractivity contribution < 1.29 is 32.6 Å². The predicted molar refractivity (Wildman–Crippen MR) is 150 cm³/mol. The van der Waals surface area contributed by atoms with Crippen LogP contribution >= 0.6 is 23.4 Å². The molecule has 2 aromatic carbocycles. The average molecular weight is 607 g/mol. The lowest BCUT2D eigenvalue weighted by molar-refractivity contribution is -0.138. The van der Waals surface area contributed by atoms with E-state index in [0.717, 1.165) is 22.7 Å². The van der Waals surface area contributed by atoms with Crippen molar-refractivity contribution in [2.75, 3.05) is 26.8 Å². The Morgan fingerprint density at radius 1 is 1.22 bits per heavy atom. The number of aliphatic hydroxyl groups excluding tert-OH is 1. The summed E-state index contributed by atoms with van der Waals surface area (Å²) < 4.78 is 47.2. The highest BCUT2D eigenvalue weighted by atomic mass is 35.5. The fourth-order valence-electron chi connectivity index (χ4n) is 4.95. The first-order valence-corrected chi connectivity index (χ1v) is 13.9. The number of fused-ring (bicyclic) bond motifs is 1. The number of rotatable bonds is 8. The Morgan fingerprint density at radius 2 is 2.02 bits per heavy atom. The lowest BCUT2D eigenvalue weighted by atomic mass is 10.1.